The average molecular weight is 234 g/mol. The molecule has 0 bridgehead atoms. The van der Waals surface area contributed by atoms with E-state index in [2.05, 4.69) is 22.2 Å². The Labute approximate surface area is 98.2 Å². The Balaban J connectivity index is 0.000000280. The van der Waals surface area contributed by atoms with Gasteiger partial charge in [0.05, 0.1) is 11.4 Å². The van der Waals surface area contributed by atoms with E-state index in [9.17, 15) is 0 Å². The zero-order valence-corrected chi connectivity index (χ0v) is 9.13. The third-order valence-corrected chi connectivity index (χ3v) is 1.59. The second-order valence-electron chi connectivity index (χ2n) is 2.71. The fourth-order valence-electron chi connectivity index (χ4n) is 1.03. The topological polar surface area (TPSA) is 66.2 Å². The minimum absolute atomic E-state index is 0.915. The third kappa shape index (κ3) is 4.47. The van der Waals surface area contributed by atoms with E-state index in [0.29, 0.717) is 0 Å². The van der Waals surface area contributed by atoms with Crippen molar-refractivity contribution in [1.29, 1.82) is 0 Å². The van der Waals surface area contributed by atoms with Crippen LogP contribution in [0.5, 0.6) is 0 Å². The maximum absolute atomic E-state index is 7.34. The molecule has 0 aromatic carbocycles. The molecule has 2 N–H and O–H groups in total. The summed E-state index contributed by atoms with van der Waals surface area (Å²) in [5.41, 5.74) is 1.83. The largest absolute Gasteiger partial charge is 0.473 e. The van der Waals surface area contributed by atoms with Crippen LogP contribution in [-0.2, 0) is 0 Å². The highest BCUT2D eigenvalue weighted by Crippen LogP contribution is 2.10. The van der Waals surface area contributed by atoms with Crippen molar-refractivity contribution in [2.75, 3.05) is 0 Å². The summed E-state index contributed by atoms with van der Waals surface area (Å²) in [6.45, 7) is 0. The zero-order chi connectivity index (χ0) is 11.8. The number of nitrogens with zero attached hydrogens (tertiary/aromatic N) is 2. The Kier molecular flexibility index (Phi) is 4.88. The second-order valence-corrected chi connectivity index (χ2v) is 3.08. The monoisotopic (exact) mass is 234 g/mol. The summed E-state index contributed by atoms with van der Waals surface area (Å²) < 4.78 is 0. The Morgan fingerprint density at radius 1 is 0.875 bits per heavy atom. The van der Waals surface area contributed by atoms with Gasteiger partial charge < -0.3 is 10.2 Å². The summed E-state index contributed by atoms with van der Waals surface area (Å²) in [5.74, 6) is 0. The normalized spacial score (nSPS) is 8.75. The SMILES string of the molecule is OC(O)=S.c1ccc(-c2ccccn2)nc1. The Hall–Kier alpha value is -2.01. The molecule has 2 aromatic heterocycles. The van der Waals surface area contributed by atoms with E-state index in [0.717, 1.165) is 11.4 Å². The first kappa shape index (κ1) is 12.1. The van der Waals surface area contributed by atoms with Gasteiger partial charge in [-0.1, -0.05) is 12.1 Å². The molecular weight excluding hydrogens is 224 g/mol. The van der Waals surface area contributed by atoms with Gasteiger partial charge >= 0.3 is 5.24 Å². The van der Waals surface area contributed by atoms with Crippen LogP contribution < -0.4 is 0 Å². The molecule has 0 saturated carbocycles. The first-order valence-electron chi connectivity index (χ1n) is 4.44. The van der Waals surface area contributed by atoms with Crippen molar-refractivity contribution in [1.82, 2.24) is 9.97 Å². The molecule has 0 unspecified atom stereocenters. The lowest BCUT2D eigenvalue weighted by molar-refractivity contribution is 0.386. The van der Waals surface area contributed by atoms with Gasteiger partial charge in [-0.25, -0.2) is 0 Å². The standard InChI is InChI=1S/C10H8N2.CH2O2S/c1-3-7-11-9(5-1)10-6-2-4-8-12-10;2-1(3)4/h1-8H;(H2,2,3,4). The van der Waals surface area contributed by atoms with Gasteiger partial charge in [0.2, 0.25) is 0 Å². The van der Waals surface area contributed by atoms with Gasteiger partial charge in [-0.15, -0.1) is 0 Å². The molecule has 2 aromatic rings. The quantitative estimate of drug-likeness (QED) is 0.742. The van der Waals surface area contributed by atoms with Crippen LogP contribution in [0.25, 0.3) is 11.4 Å². The number of aliphatic hydroxyl groups excluding tert-OH is 1. The number of aromatic nitrogens is 2. The van der Waals surface area contributed by atoms with Crippen LogP contribution >= 0.6 is 12.2 Å². The molecule has 0 spiro atoms. The summed E-state index contributed by atoms with van der Waals surface area (Å²) in [7, 11) is 0. The van der Waals surface area contributed by atoms with Crippen LogP contribution in [0.15, 0.2) is 48.8 Å². The molecule has 0 fully saturated rings. The van der Waals surface area contributed by atoms with Gasteiger partial charge in [-0.05, 0) is 24.3 Å². The molecule has 0 saturated heterocycles. The van der Waals surface area contributed by atoms with Crippen LogP contribution in [0, 0.1) is 0 Å². The number of pyridine rings is 2. The summed E-state index contributed by atoms with van der Waals surface area (Å²) in [6, 6.07) is 11.6. The molecule has 0 aliphatic rings. The van der Waals surface area contributed by atoms with Crippen LogP contribution in [0.1, 0.15) is 0 Å². The maximum Gasteiger partial charge on any atom is 0.347 e. The minimum Gasteiger partial charge on any atom is -0.473 e. The summed E-state index contributed by atoms with van der Waals surface area (Å²) in [6.07, 6.45) is 3.54. The predicted molar refractivity (Wildman–Crippen MR) is 65.3 cm³/mol. The van der Waals surface area contributed by atoms with Crippen molar-refractivity contribution in [3.8, 4) is 11.4 Å². The molecule has 0 aliphatic heterocycles. The van der Waals surface area contributed by atoms with E-state index in [1.165, 1.54) is 0 Å². The van der Waals surface area contributed by atoms with E-state index in [1.807, 2.05) is 36.4 Å². The Morgan fingerprint density at radius 2 is 1.25 bits per heavy atom. The molecule has 4 nitrogen and oxygen atoms in total. The summed E-state index contributed by atoms with van der Waals surface area (Å²) in [4.78, 5) is 8.37. The van der Waals surface area contributed by atoms with Gasteiger partial charge in [-0.3, -0.25) is 9.97 Å². The van der Waals surface area contributed by atoms with Crippen molar-refractivity contribution in [2.45, 2.75) is 0 Å². The van der Waals surface area contributed by atoms with Crippen molar-refractivity contribution in [3.63, 3.8) is 0 Å². The predicted octanol–water partition coefficient (Wildman–Crippen LogP) is 2.53. The zero-order valence-electron chi connectivity index (χ0n) is 8.32. The molecular formula is C11H10N2O2S. The Bertz CT molecular complexity index is 393. The second kappa shape index (κ2) is 6.47. The summed E-state index contributed by atoms with van der Waals surface area (Å²) in [5, 5.41) is 13.7. The van der Waals surface area contributed by atoms with Crippen molar-refractivity contribution < 1.29 is 10.2 Å². The van der Waals surface area contributed by atoms with Crippen LogP contribution in [0.3, 0.4) is 0 Å². The highest BCUT2D eigenvalue weighted by atomic mass is 32.1. The average Bonchev–Trinajstić information content (AvgIpc) is 2.31. The number of rotatable bonds is 1. The molecule has 0 amide bonds. The van der Waals surface area contributed by atoms with Crippen molar-refractivity contribution in [3.05, 3.63) is 48.8 Å². The lowest BCUT2D eigenvalue weighted by atomic mass is 10.2. The molecule has 0 atom stereocenters. The number of hydrogen-bond acceptors (Lipinski definition) is 3. The molecule has 0 radical (unpaired) electrons. The van der Waals surface area contributed by atoms with Crippen LogP contribution in [-0.4, -0.2) is 25.4 Å². The number of hydrogen-bond donors (Lipinski definition) is 2. The first-order chi connectivity index (χ1) is 7.70. The lowest BCUT2D eigenvalue weighted by Crippen LogP contribution is -1.83. The molecule has 2 heterocycles. The van der Waals surface area contributed by atoms with Gasteiger partial charge in [0.15, 0.2) is 0 Å². The fraction of sp³-hybridized carbons (Fsp3) is 0. The van der Waals surface area contributed by atoms with Gasteiger partial charge in [0.1, 0.15) is 0 Å². The van der Waals surface area contributed by atoms with Gasteiger partial charge in [0.25, 0.3) is 0 Å². The number of thiocarbonyl (C=S) groups is 1. The first-order valence-corrected chi connectivity index (χ1v) is 4.85. The third-order valence-electron chi connectivity index (χ3n) is 1.59. The summed E-state index contributed by atoms with van der Waals surface area (Å²) >= 11 is 3.65. The van der Waals surface area contributed by atoms with E-state index < -0.39 is 5.24 Å². The fourth-order valence-corrected chi connectivity index (χ4v) is 1.03. The minimum atomic E-state index is -1.000. The van der Waals surface area contributed by atoms with Crippen LogP contribution in [0.4, 0.5) is 0 Å². The van der Waals surface area contributed by atoms with E-state index in [-0.39, 0.29) is 0 Å². The van der Waals surface area contributed by atoms with E-state index >= 15 is 0 Å². The molecule has 2 rings (SSSR count). The van der Waals surface area contributed by atoms with Gasteiger partial charge in [0, 0.05) is 24.6 Å². The van der Waals surface area contributed by atoms with Crippen molar-refractivity contribution in [2.24, 2.45) is 0 Å². The van der Waals surface area contributed by atoms with E-state index in [1.54, 1.807) is 12.4 Å². The Morgan fingerprint density at radius 3 is 1.50 bits per heavy atom. The maximum atomic E-state index is 7.34. The molecule has 82 valence electrons. The molecule has 5 heteroatoms. The molecule has 0 aliphatic carbocycles. The van der Waals surface area contributed by atoms with Crippen molar-refractivity contribution >= 4 is 17.5 Å². The highest BCUT2D eigenvalue weighted by molar-refractivity contribution is 7.79. The van der Waals surface area contributed by atoms with E-state index in [4.69, 9.17) is 10.2 Å². The van der Waals surface area contributed by atoms with Crippen LogP contribution in [0.2, 0.25) is 0 Å². The molecule has 16 heavy (non-hydrogen) atoms. The number of aliphatic hydroxyl groups is 2. The van der Waals surface area contributed by atoms with Gasteiger partial charge in [-0.2, -0.15) is 0 Å². The smallest absolute Gasteiger partial charge is 0.347 e. The highest BCUT2D eigenvalue weighted by Gasteiger charge is 1.95. The lowest BCUT2D eigenvalue weighted by Gasteiger charge is -1.96.